The summed E-state index contributed by atoms with van der Waals surface area (Å²) in [7, 11) is 0. The highest BCUT2D eigenvalue weighted by Crippen LogP contribution is 2.28. The summed E-state index contributed by atoms with van der Waals surface area (Å²) in [4.78, 5) is 14.7. The van der Waals surface area contributed by atoms with Crippen LogP contribution in [-0.2, 0) is 0 Å². The number of hydrogen-bond acceptors (Lipinski definition) is 6. The number of hydrazine groups is 1. The third-order valence-corrected chi connectivity index (χ3v) is 5.08. The molecule has 0 radical (unpaired) electrons. The lowest BCUT2D eigenvalue weighted by atomic mass is 10.1. The average Bonchev–Trinajstić information content (AvgIpc) is 3.39. The number of hydrazone groups is 1. The summed E-state index contributed by atoms with van der Waals surface area (Å²) >= 11 is 0. The largest absolute Gasteiger partial charge is 0.463 e. The average molecular weight is 414 g/mol. The molecule has 1 saturated heterocycles. The number of halogens is 2. The molecule has 1 fully saturated rings. The zero-order valence-electron chi connectivity index (χ0n) is 15.9. The quantitative estimate of drug-likeness (QED) is 0.225. The molecule has 156 valence electrons. The van der Waals surface area contributed by atoms with Crippen LogP contribution in [0.15, 0.2) is 46.1 Å². The van der Waals surface area contributed by atoms with Crippen molar-refractivity contribution in [3.05, 3.63) is 59.4 Å². The van der Waals surface area contributed by atoms with Gasteiger partial charge in [-0.05, 0) is 43.2 Å². The molecule has 2 aromatic carbocycles. The summed E-state index contributed by atoms with van der Waals surface area (Å²) in [5, 5.41) is 6.23. The summed E-state index contributed by atoms with van der Waals surface area (Å²) in [6.45, 7) is 1.63. The van der Waals surface area contributed by atoms with Crippen molar-refractivity contribution in [2.45, 2.75) is 12.8 Å². The van der Waals surface area contributed by atoms with Gasteiger partial charge in [0.2, 0.25) is 0 Å². The molecule has 1 aliphatic heterocycles. The highest BCUT2D eigenvalue weighted by molar-refractivity contribution is 6.13. The Morgan fingerprint density at radius 3 is 2.53 bits per heavy atom. The number of hydrogen-bond donors (Lipinski definition) is 4. The van der Waals surface area contributed by atoms with Gasteiger partial charge in [0.1, 0.15) is 23.5 Å². The molecule has 3 aromatic rings. The number of carbonyl (C=O) groups is 1. The number of nitrogens with two attached hydrogens (primary N) is 2. The molecule has 0 unspecified atom stereocenters. The summed E-state index contributed by atoms with van der Waals surface area (Å²) in [6.07, 6.45) is 3.26. The molecule has 10 heteroatoms. The first-order chi connectivity index (χ1) is 14.5. The van der Waals surface area contributed by atoms with Crippen LogP contribution in [0.2, 0.25) is 0 Å². The maximum absolute atomic E-state index is 14.5. The van der Waals surface area contributed by atoms with Gasteiger partial charge in [-0.2, -0.15) is 5.10 Å². The summed E-state index contributed by atoms with van der Waals surface area (Å²) in [5.41, 5.74) is 3.33. The second-order valence-corrected chi connectivity index (χ2v) is 6.91. The standard InChI is InChI=1S/C20H20F2N6O2/c21-15-8-12-14(10-30-18(12)9-13(15)19(26-23)27-24)20(29)25-11-3-4-17(16(22)7-11)28-5-1-2-6-28/h3-4,7-10H,1-2,5-6,23-24H2,(H,25,29)(H,26,27). The van der Waals surface area contributed by atoms with E-state index in [1.807, 2.05) is 4.90 Å². The van der Waals surface area contributed by atoms with Crippen LogP contribution in [0.25, 0.3) is 11.0 Å². The van der Waals surface area contributed by atoms with E-state index in [0.717, 1.165) is 32.0 Å². The first kappa shape index (κ1) is 19.6. The van der Waals surface area contributed by atoms with Crippen LogP contribution in [0.4, 0.5) is 20.2 Å². The molecular formula is C20H20F2N6O2. The van der Waals surface area contributed by atoms with Crippen molar-refractivity contribution in [2.24, 2.45) is 16.8 Å². The molecular weight excluding hydrogens is 394 g/mol. The van der Waals surface area contributed by atoms with E-state index in [1.165, 1.54) is 18.4 Å². The van der Waals surface area contributed by atoms with Gasteiger partial charge in [0.25, 0.3) is 5.91 Å². The maximum atomic E-state index is 14.5. The first-order valence-electron chi connectivity index (χ1n) is 9.33. The Bertz CT molecular complexity index is 1140. The monoisotopic (exact) mass is 414 g/mol. The Morgan fingerprint density at radius 1 is 1.10 bits per heavy atom. The highest BCUT2D eigenvalue weighted by atomic mass is 19.1. The molecule has 4 rings (SSSR count). The third-order valence-electron chi connectivity index (χ3n) is 5.08. The zero-order valence-corrected chi connectivity index (χ0v) is 15.9. The molecule has 0 atom stereocenters. The van der Waals surface area contributed by atoms with E-state index in [0.29, 0.717) is 5.69 Å². The lowest BCUT2D eigenvalue weighted by molar-refractivity contribution is 0.102. The molecule has 1 aliphatic rings. The van der Waals surface area contributed by atoms with Crippen LogP contribution in [0.5, 0.6) is 0 Å². The second-order valence-electron chi connectivity index (χ2n) is 6.91. The summed E-state index contributed by atoms with van der Waals surface area (Å²) in [6, 6.07) is 7.00. The molecule has 1 amide bonds. The maximum Gasteiger partial charge on any atom is 0.259 e. The summed E-state index contributed by atoms with van der Waals surface area (Å²) < 4.78 is 34.3. The van der Waals surface area contributed by atoms with Gasteiger partial charge in [-0.15, -0.1) is 0 Å². The van der Waals surface area contributed by atoms with E-state index >= 15 is 0 Å². The topological polar surface area (TPSA) is 122 Å². The number of amides is 1. The molecule has 30 heavy (non-hydrogen) atoms. The fraction of sp³-hybridized carbons (Fsp3) is 0.200. The van der Waals surface area contributed by atoms with E-state index in [1.54, 1.807) is 12.1 Å². The third kappa shape index (κ3) is 3.52. The normalized spacial score (nSPS) is 14.4. The Balaban J connectivity index is 1.59. The summed E-state index contributed by atoms with van der Waals surface area (Å²) in [5.74, 6) is 8.72. The first-order valence-corrected chi connectivity index (χ1v) is 9.33. The van der Waals surface area contributed by atoms with Crippen LogP contribution in [0, 0.1) is 11.6 Å². The molecule has 2 heterocycles. The van der Waals surface area contributed by atoms with Crippen molar-refractivity contribution in [1.29, 1.82) is 0 Å². The van der Waals surface area contributed by atoms with Crippen molar-refractivity contribution in [1.82, 2.24) is 5.43 Å². The number of amidine groups is 1. The van der Waals surface area contributed by atoms with Crippen LogP contribution in [0.1, 0.15) is 28.8 Å². The second kappa shape index (κ2) is 7.99. The minimum absolute atomic E-state index is 0.00613. The number of fused-ring (bicyclic) bond motifs is 1. The predicted molar refractivity (Wildman–Crippen MR) is 110 cm³/mol. The van der Waals surface area contributed by atoms with E-state index in [-0.39, 0.29) is 33.6 Å². The van der Waals surface area contributed by atoms with Crippen LogP contribution < -0.4 is 27.3 Å². The number of carbonyl (C=O) groups excluding carboxylic acids is 1. The van der Waals surface area contributed by atoms with E-state index in [4.69, 9.17) is 16.1 Å². The van der Waals surface area contributed by atoms with Gasteiger partial charge in [0, 0.05) is 24.2 Å². The number of nitrogens with zero attached hydrogens (tertiary/aromatic N) is 2. The van der Waals surface area contributed by atoms with Crippen molar-refractivity contribution in [2.75, 3.05) is 23.3 Å². The minimum atomic E-state index is -0.693. The van der Waals surface area contributed by atoms with Crippen molar-refractivity contribution in [3.8, 4) is 0 Å². The van der Waals surface area contributed by atoms with Gasteiger partial charge in [0.05, 0.1) is 16.8 Å². The fourth-order valence-electron chi connectivity index (χ4n) is 3.59. The van der Waals surface area contributed by atoms with E-state index in [9.17, 15) is 13.6 Å². The molecule has 0 spiro atoms. The van der Waals surface area contributed by atoms with Gasteiger partial charge in [-0.1, -0.05) is 0 Å². The van der Waals surface area contributed by atoms with E-state index in [2.05, 4.69) is 15.8 Å². The molecule has 0 bridgehead atoms. The van der Waals surface area contributed by atoms with Crippen molar-refractivity contribution < 1.29 is 18.0 Å². The number of furan rings is 1. The van der Waals surface area contributed by atoms with Gasteiger partial charge < -0.3 is 25.9 Å². The van der Waals surface area contributed by atoms with Gasteiger partial charge in [-0.25, -0.2) is 14.6 Å². The molecule has 0 aliphatic carbocycles. The van der Waals surface area contributed by atoms with E-state index < -0.39 is 17.5 Å². The number of nitrogens with one attached hydrogen (secondary N) is 2. The van der Waals surface area contributed by atoms with Gasteiger partial charge in [-0.3, -0.25) is 4.79 Å². The lowest BCUT2D eigenvalue weighted by Crippen LogP contribution is -2.32. The Morgan fingerprint density at radius 2 is 1.87 bits per heavy atom. The smallest absolute Gasteiger partial charge is 0.259 e. The Labute approximate surface area is 170 Å². The highest BCUT2D eigenvalue weighted by Gasteiger charge is 2.20. The lowest BCUT2D eigenvalue weighted by Gasteiger charge is -2.18. The van der Waals surface area contributed by atoms with Crippen LogP contribution in [-0.4, -0.2) is 24.8 Å². The molecule has 1 aromatic heterocycles. The van der Waals surface area contributed by atoms with Gasteiger partial charge in [0.15, 0.2) is 5.84 Å². The zero-order chi connectivity index (χ0) is 21.3. The fourth-order valence-corrected chi connectivity index (χ4v) is 3.59. The number of benzene rings is 2. The predicted octanol–water partition coefficient (Wildman–Crippen LogP) is 2.65. The molecule has 0 saturated carbocycles. The minimum Gasteiger partial charge on any atom is -0.463 e. The molecule has 6 N–H and O–H groups in total. The Kier molecular flexibility index (Phi) is 5.23. The van der Waals surface area contributed by atoms with Gasteiger partial charge >= 0.3 is 0 Å². The number of anilines is 2. The SMILES string of the molecule is N/N=C(\NN)c1cc2occ(C(=O)Nc3ccc(N4CCCC4)c(F)c3)c2cc1F. The van der Waals surface area contributed by atoms with Crippen molar-refractivity contribution >= 4 is 34.1 Å². The molecule has 8 nitrogen and oxygen atoms in total. The number of rotatable bonds is 4. The Hall–Kier alpha value is -3.66. The van der Waals surface area contributed by atoms with Crippen LogP contribution in [0.3, 0.4) is 0 Å². The van der Waals surface area contributed by atoms with Crippen LogP contribution >= 0.6 is 0 Å². The van der Waals surface area contributed by atoms with Crippen molar-refractivity contribution in [3.63, 3.8) is 0 Å².